The van der Waals surface area contributed by atoms with Crippen LogP contribution < -0.4 is 5.32 Å². The molecule has 0 aliphatic heterocycles. The first-order chi connectivity index (χ1) is 10.6. The monoisotopic (exact) mass is 306 g/mol. The maximum Gasteiger partial charge on any atom is 0.339 e. The summed E-state index contributed by atoms with van der Waals surface area (Å²) in [6, 6.07) is 1.36. The molecule has 0 radical (unpaired) electrons. The topological polar surface area (TPSA) is 94.6 Å². The van der Waals surface area contributed by atoms with Gasteiger partial charge in [0.2, 0.25) is 5.91 Å². The number of ether oxygens (including phenoxy) is 2. The molecule has 22 heavy (non-hydrogen) atoms. The molecule has 1 heterocycles. The van der Waals surface area contributed by atoms with Crippen LogP contribution in [0.25, 0.3) is 0 Å². The number of nitrogens with zero attached hydrogens (tertiary/aromatic N) is 1. The van der Waals surface area contributed by atoms with E-state index < -0.39 is 11.9 Å². The second-order valence-electron chi connectivity index (χ2n) is 4.23. The van der Waals surface area contributed by atoms with E-state index in [1.54, 1.807) is 0 Å². The van der Waals surface area contributed by atoms with Crippen LogP contribution in [0.1, 0.15) is 34.1 Å². The summed E-state index contributed by atoms with van der Waals surface area (Å²) < 4.78 is 9.92. The van der Waals surface area contributed by atoms with Crippen molar-refractivity contribution in [3.63, 3.8) is 0 Å². The minimum absolute atomic E-state index is 0.00290. The zero-order valence-corrected chi connectivity index (χ0v) is 12.3. The highest BCUT2D eigenvalue weighted by Crippen LogP contribution is 2.06. The Kier molecular flexibility index (Phi) is 7.32. The quantitative estimate of drug-likeness (QED) is 0.439. The van der Waals surface area contributed by atoms with Gasteiger partial charge >= 0.3 is 11.9 Å². The number of carbonyl (C=O) groups excluding carboxylic acids is 3. The van der Waals surface area contributed by atoms with Crippen LogP contribution in [0, 0.1) is 0 Å². The Balaban J connectivity index is 2.53. The van der Waals surface area contributed by atoms with E-state index in [1.165, 1.54) is 18.5 Å². The van der Waals surface area contributed by atoms with Crippen LogP contribution in [0.5, 0.6) is 0 Å². The van der Waals surface area contributed by atoms with E-state index in [9.17, 15) is 14.4 Å². The van der Waals surface area contributed by atoms with Crippen LogP contribution >= 0.6 is 0 Å². The third-order valence-corrected chi connectivity index (χ3v) is 2.47. The zero-order chi connectivity index (χ0) is 16.4. The lowest BCUT2D eigenvalue weighted by Crippen LogP contribution is -2.26. The van der Waals surface area contributed by atoms with Crippen LogP contribution in [0.15, 0.2) is 31.1 Å². The van der Waals surface area contributed by atoms with E-state index in [0.717, 1.165) is 6.08 Å². The Bertz CT molecular complexity index is 557. The number of carbonyl (C=O) groups is 3. The maximum atomic E-state index is 11.8. The number of esters is 2. The first-order valence-electron chi connectivity index (χ1n) is 6.78. The summed E-state index contributed by atoms with van der Waals surface area (Å²) in [7, 11) is 0. The summed E-state index contributed by atoms with van der Waals surface area (Å²) in [4.78, 5) is 38.2. The van der Waals surface area contributed by atoms with Crippen molar-refractivity contribution in [1.29, 1.82) is 0 Å². The fraction of sp³-hybridized carbons (Fsp3) is 0.333. The SMILES string of the molecule is C=CC(=O)NCCOC(=O)c1cncc(C(=O)OCCC)c1. The molecule has 0 unspecified atom stereocenters. The Morgan fingerprint density at radius 3 is 2.32 bits per heavy atom. The minimum atomic E-state index is -0.634. The van der Waals surface area contributed by atoms with Crippen LogP contribution in [-0.4, -0.2) is 42.6 Å². The van der Waals surface area contributed by atoms with E-state index in [0.29, 0.717) is 13.0 Å². The number of hydrogen-bond acceptors (Lipinski definition) is 6. The van der Waals surface area contributed by atoms with Crippen LogP contribution in [0.3, 0.4) is 0 Å². The van der Waals surface area contributed by atoms with Gasteiger partial charge in [-0.1, -0.05) is 13.5 Å². The van der Waals surface area contributed by atoms with Gasteiger partial charge in [-0.15, -0.1) is 0 Å². The van der Waals surface area contributed by atoms with Gasteiger partial charge in [-0.05, 0) is 18.6 Å². The number of pyridine rings is 1. The van der Waals surface area contributed by atoms with Gasteiger partial charge in [0.1, 0.15) is 6.61 Å². The number of rotatable bonds is 8. The number of amides is 1. The molecule has 0 spiro atoms. The Hall–Kier alpha value is -2.70. The molecule has 1 amide bonds. The third-order valence-electron chi connectivity index (χ3n) is 2.47. The molecule has 0 atom stereocenters. The lowest BCUT2D eigenvalue weighted by Gasteiger charge is -2.06. The van der Waals surface area contributed by atoms with Gasteiger partial charge in [-0.2, -0.15) is 0 Å². The van der Waals surface area contributed by atoms with E-state index in [-0.39, 0.29) is 30.2 Å². The lowest BCUT2D eigenvalue weighted by atomic mass is 10.2. The molecule has 1 aromatic heterocycles. The predicted octanol–water partition coefficient (Wildman–Crippen LogP) is 1.11. The van der Waals surface area contributed by atoms with Gasteiger partial charge in [0, 0.05) is 12.4 Å². The fourth-order valence-electron chi connectivity index (χ4n) is 1.41. The summed E-state index contributed by atoms with van der Waals surface area (Å²) in [6.45, 7) is 5.65. The van der Waals surface area contributed by atoms with Gasteiger partial charge < -0.3 is 14.8 Å². The predicted molar refractivity (Wildman–Crippen MR) is 78.3 cm³/mol. The molecule has 1 rings (SSSR count). The number of nitrogens with one attached hydrogen (secondary N) is 1. The zero-order valence-electron chi connectivity index (χ0n) is 12.3. The number of aromatic nitrogens is 1. The van der Waals surface area contributed by atoms with Crippen molar-refractivity contribution in [3.05, 3.63) is 42.2 Å². The second kappa shape index (κ2) is 9.28. The maximum absolute atomic E-state index is 11.8. The standard InChI is InChI=1S/C15H18N2O5/c1-3-6-21-14(19)11-8-12(10-16-9-11)15(20)22-7-5-17-13(18)4-2/h4,8-10H,2-3,5-7H2,1H3,(H,17,18). The van der Waals surface area contributed by atoms with Crippen LogP contribution in [0.2, 0.25) is 0 Å². The summed E-state index contributed by atoms with van der Waals surface area (Å²) in [5, 5.41) is 2.47. The summed E-state index contributed by atoms with van der Waals surface area (Å²) in [5.74, 6) is -1.52. The molecule has 0 aliphatic rings. The van der Waals surface area contributed by atoms with Crippen molar-refractivity contribution in [2.45, 2.75) is 13.3 Å². The average Bonchev–Trinajstić information content (AvgIpc) is 2.56. The van der Waals surface area contributed by atoms with Gasteiger partial charge in [-0.25, -0.2) is 9.59 Å². The minimum Gasteiger partial charge on any atom is -0.462 e. The van der Waals surface area contributed by atoms with E-state index in [2.05, 4.69) is 16.9 Å². The van der Waals surface area contributed by atoms with Crippen molar-refractivity contribution >= 4 is 17.8 Å². The van der Waals surface area contributed by atoms with Crippen LogP contribution in [0.4, 0.5) is 0 Å². The Morgan fingerprint density at radius 2 is 1.77 bits per heavy atom. The van der Waals surface area contributed by atoms with Gasteiger partial charge in [0.15, 0.2) is 0 Å². The van der Waals surface area contributed by atoms with E-state index >= 15 is 0 Å². The van der Waals surface area contributed by atoms with Gasteiger partial charge in [0.25, 0.3) is 0 Å². The van der Waals surface area contributed by atoms with Crippen molar-refractivity contribution in [2.75, 3.05) is 19.8 Å². The molecule has 7 heteroatoms. The highest BCUT2D eigenvalue weighted by molar-refractivity contribution is 5.94. The third kappa shape index (κ3) is 5.74. The molecule has 0 aromatic carbocycles. The largest absolute Gasteiger partial charge is 0.462 e. The fourth-order valence-corrected chi connectivity index (χ4v) is 1.41. The van der Waals surface area contributed by atoms with Crippen molar-refractivity contribution in [1.82, 2.24) is 10.3 Å². The molecule has 1 aromatic rings. The van der Waals surface area contributed by atoms with Gasteiger partial charge in [-0.3, -0.25) is 9.78 Å². The molecular formula is C15H18N2O5. The molecule has 118 valence electrons. The van der Waals surface area contributed by atoms with E-state index in [4.69, 9.17) is 9.47 Å². The lowest BCUT2D eigenvalue weighted by molar-refractivity contribution is -0.116. The molecular weight excluding hydrogens is 288 g/mol. The smallest absolute Gasteiger partial charge is 0.339 e. The molecule has 0 fully saturated rings. The Labute approximate surface area is 128 Å². The summed E-state index contributed by atoms with van der Waals surface area (Å²) in [5.41, 5.74) is 0.323. The van der Waals surface area contributed by atoms with Crippen LogP contribution in [-0.2, 0) is 14.3 Å². The molecule has 1 N–H and O–H groups in total. The van der Waals surface area contributed by atoms with E-state index in [1.807, 2.05) is 6.92 Å². The highest BCUT2D eigenvalue weighted by Gasteiger charge is 2.13. The molecule has 0 saturated heterocycles. The van der Waals surface area contributed by atoms with Gasteiger partial charge in [0.05, 0.1) is 24.3 Å². The van der Waals surface area contributed by atoms with Crippen molar-refractivity contribution in [3.8, 4) is 0 Å². The normalized spacial score (nSPS) is 9.68. The summed E-state index contributed by atoms with van der Waals surface area (Å²) >= 11 is 0. The van der Waals surface area contributed by atoms with Crippen molar-refractivity contribution < 1.29 is 23.9 Å². The average molecular weight is 306 g/mol. The first kappa shape index (κ1) is 17.4. The highest BCUT2D eigenvalue weighted by atomic mass is 16.5. The summed E-state index contributed by atoms with van der Waals surface area (Å²) in [6.07, 6.45) is 4.44. The number of hydrogen-bond donors (Lipinski definition) is 1. The molecule has 7 nitrogen and oxygen atoms in total. The molecule has 0 aliphatic carbocycles. The second-order valence-corrected chi connectivity index (χ2v) is 4.23. The van der Waals surface area contributed by atoms with Crippen molar-refractivity contribution in [2.24, 2.45) is 0 Å². The molecule has 0 bridgehead atoms. The molecule has 0 saturated carbocycles. The first-order valence-corrected chi connectivity index (χ1v) is 6.78. The Morgan fingerprint density at radius 1 is 1.18 bits per heavy atom.